The summed E-state index contributed by atoms with van der Waals surface area (Å²) in [6.07, 6.45) is 8.60. The predicted molar refractivity (Wildman–Crippen MR) is 105 cm³/mol. The molecule has 138 valence electrons. The Kier molecular flexibility index (Phi) is 4.77. The highest BCUT2D eigenvalue weighted by atomic mass is 32.1. The number of nitrogens with zero attached hydrogens (tertiary/aromatic N) is 2. The minimum absolute atomic E-state index is 0.0200. The number of amides is 1. The molecule has 0 unspecified atom stereocenters. The summed E-state index contributed by atoms with van der Waals surface area (Å²) in [6.45, 7) is 0.454. The number of carbonyl (C=O) groups excluding carboxylic acids is 1. The van der Waals surface area contributed by atoms with Gasteiger partial charge in [-0.25, -0.2) is 0 Å². The van der Waals surface area contributed by atoms with E-state index in [-0.39, 0.29) is 11.6 Å². The van der Waals surface area contributed by atoms with Gasteiger partial charge < -0.3 is 9.88 Å². The van der Waals surface area contributed by atoms with E-state index in [1.807, 2.05) is 35.9 Å². The molecule has 0 fully saturated rings. The summed E-state index contributed by atoms with van der Waals surface area (Å²) in [5.74, 6) is -0.223. The third-order valence-electron chi connectivity index (χ3n) is 4.86. The van der Waals surface area contributed by atoms with Crippen LogP contribution in [0.15, 0.2) is 48.8 Å². The lowest BCUT2D eigenvalue weighted by Gasteiger charge is -2.14. The van der Waals surface area contributed by atoms with E-state index in [1.165, 1.54) is 53.1 Å². The third kappa shape index (κ3) is 3.50. The maximum Gasteiger partial charge on any atom is 0.269 e. The van der Waals surface area contributed by atoms with Crippen LogP contribution in [0.5, 0.6) is 0 Å². The molecule has 0 radical (unpaired) electrons. The van der Waals surface area contributed by atoms with E-state index in [4.69, 9.17) is 0 Å². The van der Waals surface area contributed by atoms with Gasteiger partial charge in [0.15, 0.2) is 0 Å². The second kappa shape index (κ2) is 7.36. The van der Waals surface area contributed by atoms with Crippen LogP contribution < -0.4 is 5.32 Å². The maximum absolute atomic E-state index is 12.5. The number of nitro groups is 1. The normalized spacial score (nSPS) is 13.2. The molecule has 1 amide bonds. The summed E-state index contributed by atoms with van der Waals surface area (Å²) < 4.78 is 2.11. The van der Waals surface area contributed by atoms with Gasteiger partial charge in [-0.2, -0.15) is 0 Å². The van der Waals surface area contributed by atoms with E-state index in [1.54, 1.807) is 0 Å². The van der Waals surface area contributed by atoms with Crippen LogP contribution in [0.25, 0.3) is 5.00 Å². The summed E-state index contributed by atoms with van der Waals surface area (Å²) in [7, 11) is 0. The van der Waals surface area contributed by atoms with Crippen LogP contribution in [-0.4, -0.2) is 15.4 Å². The number of benzene rings is 1. The van der Waals surface area contributed by atoms with Gasteiger partial charge >= 0.3 is 0 Å². The molecular formula is C20H19N3O3S. The Morgan fingerprint density at radius 3 is 2.56 bits per heavy atom. The smallest absolute Gasteiger partial charge is 0.269 e. The molecule has 1 aromatic carbocycles. The van der Waals surface area contributed by atoms with Crippen molar-refractivity contribution >= 4 is 22.9 Å². The van der Waals surface area contributed by atoms with Crippen LogP contribution in [0.3, 0.4) is 0 Å². The van der Waals surface area contributed by atoms with Crippen molar-refractivity contribution in [2.75, 3.05) is 0 Å². The number of carbonyl (C=O) groups is 1. The zero-order valence-corrected chi connectivity index (χ0v) is 15.5. The molecule has 0 aliphatic heterocycles. The molecule has 0 bridgehead atoms. The Balaban J connectivity index is 1.56. The van der Waals surface area contributed by atoms with Crippen molar-refractivity contribution < 1.29 is 9.72 Å². The molecule has 0 saturated heterocycles. The van der Waals surface area contributed by atoms with Gasteiger partial charge in [0.25, 0.3) is 11.6 Å². The van der Waals surface area contributed by atoms with E-state index in [2.05, 4.69) is 9.88 Å². The summed E-state index contributed by atoms with van der Waals surface area (Å²) in [5, 5.41) is 14.9. The first-order valence-corrected chi connectivity index (χ1v) is 9.74. The first kappa shape index (κ1) is 17.5. The van der Waals surface area contributed by atoms with Crippen LogP contribution in [0, 0.1) is 10.1 Å². The Bertz CT molecular complexity index is 975. The first-order valence-electron chi connectivity index (χ1n) is 8.93. The lowest BCUT2D eigenvalue weighted by atomic mass is 9.95. The van der Waals surface area contributed by atoms with Gasteiger partial charge in [0.2, 0.25) is 0 Å². The molecule has 27 heavy (non-hydrogen) atoms. The van der Waals surface area contributed by atoms with Crippen molar-refractivity contribution in [1.82, 2.24) is 9.88 Å². The van der Waals surface area contributed by atoms with E-state index >= 15 is 0 Å². The number of hydrogen-bond donors (Lipinski definition) is 1. The van der Waals surface area contributed by atoms with Gasteiger partial charge in [0.05, 0.1) is 4.92 Å². The second-order valence-electron chi connectivity index (χ2n) is 6.57. The zero-order chi connectivity index (χ0) is 18.8. The molecule has 1 aliphatic rings. The minimum atomic E-state index is -0.470. The molecule has 1 aliphatic carbocycles. The highest BCUT2D eigenvalue weighted by Crippen LogP contribution is 2.36. The fourth-order valence-electron chi connectivity index (χ4n) is 3.48. The Labute approximate surface area is 160 Å². The highest BCUT2D eigenvalue weighted by molar-refractivity contribution is 7.14. The second-order valence-corrected chi connectivity index (χ2v) is 7.66. The number of rotatable bonds is 5. The fourth-order valence-corrected chi connectivity index (χ4v) is 4.86. The zero-order valence-electron chi connectivity index (χ0n) is 14.7. The third-order valence-corrected chi connectivity index (χ3v) is 6.21. The fraction of sp³-hybridized carbons (Fsp3) is 0.250. The number of thiophene rings is 1. The van der Waals surface area contributed by atoms with Gasteiger partial charge in [-0.1, -0.05) is 0 Å². The number of nitrogens with one attached hydrogen (secondary N) is 1. The van der Waals surface area contributed by atoms with Crippen LogP contribution in [0.1, 0.15) is 39.2 Å². The quantitative estimate of drug-likeness (QED) is 0.530. The van der Waals surface area contributed by atoms with Crippen LogP contribution in [-0.2, 0) is 19.4 Å². The molecule has 0 atom stereocenters. The molecule has 2 aromatic heterocycles. The number of fused-ring (bicyclic) bond motifs is 1. The van der Waals surface area contributed by atoms with Crippen molar-refractivity contribution in [1.29, 1.82) is 0 Å². The molecule has 0 spiro atoms. The van der Waals surface area contributed by atoms with Crippen molar-refractivity contribution in [3.63, 3.8) is 0 Å². The summed E-state index contributed by atoms with van der Waals surface area (Å²) in [4.78, 5) is 24.2. The summed E-state index contributed by atoms with van der Waals surface area (Å²) in [6, 6.07) is 9.68. The average molecular weight is 381 g/mol. The molecular weight excluding hydrogens is 362 g/mol. The van der Waals surface area contributed by atoms with E-state index < -0.39 is 4.92 Å². The largest absolute Gasteiger partial charge is 0.348 e. The van der Waals surface area contributed by atoms with E-state index in [0.717, 1.165) is 17.8 Å². The van der Waals surface area contributed by atoms with Crippen molar-refractivity contribution in [3.05, 3.63) is 80.5 Å². The Hall–Kier alpha value is -2.93. The maximum atomic E-state index is 12.5. The average Bonchev–Trinajstić information content (AvgIpc) is 3.34. The molecule has 4 rings (SSSR count). The summed E-state index contributed by atoms with van der Waals surface area (Å²) >= 11 is 1.81. The first-order chi connectivity index (χ1) is 13.1. The Morgan fingerprint density at radius 1 is 1.15 bits per heavy atom. The molecule has 1 N–H and O–H groups in total. The number of nitro benzene ring substituents is 1. The number of aromatic nitrogens is 1. The minimum Gasteiger partial charge on any atom is -0.348 e. The van der Waals surface area contributed by atoms with Crippen LogP contribution >= 0.6 is 11.3 Å². The monoisotopic (exact) mass is 381 g/mol. The Morgan fingerprint density at radius 2 is 1.85 bits per heavy atom. The molecule has 6 nitrogen and oxygen atoms in total. The van der Waals surface area contributed by atoms with Gasteiger partial charge in [0, 0.05) is 47.1 Å². The van der Waals surface area contributed by atoms with Gasteiger partial charge in [-0.3, -0.25) is 14.9 Å². The van der Waals surface area contributed by atoms with Gasteiger partial charge in [-0.05, 0) is 55.5 Å². The van der Waals surface area contributed by atoms with Crippen molar-refractivity contribution in [3.8, 4) is 5.00 Å². The molecule has 2 heterocycles. The predicted octanol–water partition coefficient (Wildman–Crippen LogP) is 4.26. The topological polar surface area (TPSA) is 77.2 Å². The van der Waals surface area contributed by atoms with Crippen molar-refractivity contribution in [2.24, 2.45) is 0 Å². The van der Waals surface area contributed by atoms with Gasteiger partial charge in [0.1, 0.15) is 5.00 Å². The number of non-ortho nitro benzene ring substituents is 1. The standard InChI is InChI=1S/C20H19N3O3S/c24-19(14-7-9-15(10-8-14)23(25)26)21-13-17-16-5-1-2-6-18(16)27-20(17)22-11-3-4-12-22/h3-4,7-12H,1-2,5-6,13H2,(H,21,24). The summed E-state index contributed by atoms with van der Waals surface area (Å²) in [5.41, 5.74) is 2.96. The highest BCUT2D eigenvalue weighted by Gasteiger charge is 2.22. The van der Waals surface area contributed by atoms with Crippen LogP contribution in [0.4, 0.5) is 5.69 Å². The lowest BCUT2D eigenvalue weighted by molar-refractivity contribution is -0.384. The van der Waals surface area contributed by atoms with Crippen LogP contribution in [0.2, 0.25) is 0 Å². The van der Waals surface area contributed by atoms with E-state index in [9.17, 15) is 14.9 Å². The molecule has 3 aromatic rings. The SMILES string of the molecule is O=C(NCc1c(-n2cccc2)sc2c1CCCC2)c1ccc([N+](=O)[O-])cc1. The molecule has 7 heteroatoms. The van der Waals surface area contributed by atoms with Gasteiger partial charge in [-0.15, -0.1) is 11.3 Å². The number of aryl methyl sites for hydroxylation is 1. The lowest BCUT2D eigenvalue weighted by Crippen LogP contribution is -2.24. The van der Waals surface area contributed by atoms with Crippen molar-refractivity contribution in [2.45, 2.75) is 32.2 Å². The van der Waals surface area contributed by atoms with E-state index in [0.29, 0.717) is 12.1 Å². The molecule has 0 saturated carbocycles. The number of hydrogen-bond acceptors (Lipinski definition) is 4.